The summed E-state index contributed by atoms with van der Waals surface area (Å²) in [6.45, 7) is 7.95. The van der Waals surface area contributed by atoms with Gasteiger partial charge in [0.1, 0.15) is 11.4 Å². The van der Waals surface area contributed by atoms with E-state index in [9.17, 15) is 9.59 Å². The lowest BCUT2D eigenvalue weighted by atomic mass is 9.92. The van der Waals surface area contributed by atoms with E-state index < -0.39 is 17.7 Å². The standard InChI is InChI=1S/C26H34N2O4/c1-6-24(29)23-12-16(15-28(23)25(30)32-26(2,3)4)11-18-13-21(17-7-8-17)27-22-14-19(31-5)9-10-20(18)22/h9-10,13-14,16-17,23H,6-8,11-12,15H2,1-5H3/t16-,23+/m1/s1. The molecular formula is C26H34N2O4. The van der Waals surface area contributed by atoms with E-state index in [1.54, 1.807) is 12.0 Å². The lowest BCUT2D eigenvalue weighted by Gasteiger charge is -2.27. The molecule has 2 heterocycles. The lowest BCUT2D eigenvalue weighted by Crippen LogP contribution is -2.43. The number of methoxy groups -OCH3 is 1. The van der Waals surface area contributed by atoms with Crippen molar-refractivity contribution in [1.82, 2.24) is 9.88 Å². The molecule has 1 aliphatic heterocycles. The Kier molecular flexibility index (Phi) is 6.15. The van der Waals surface area contributed by atoms with Crippen molar-refractivity contribution in [3.8, 4) is 5.75 Å². The molecule has 0 unspecified atom stereocenters. The summed E-state index contributed by atoms with van der Waals surface area (Å²) in [6, 6.07) is 7.86. The minimum atomic E-state index is -0.589. The fraction of sp³-hybridized carbons (Fsp3) is 0.577. The van der Waals surface area contributed by atoms with Crippen molar-refractivity contribution in [1.29, 1.82) is 0 Å². The number of ketones is 1. The maximum absolute atomic E-state index is 12.9. The van der Waals surface area contributed by atoms with Gasteiger partial charge in [0, 0.05) is 36.0 Å². The highest BCUT2D eigenvalue weighted by Crippen LogP contribution is 2.41. The first-order chi connectivity index (χ1) is 15.2. The predicted octanol–water partition coefficient (Wildman–Crippen LogP) is 5.27. The summed E-state index contributed by atoms with van der Waals surface area (Å²) < 4.78 is 11.0. The zero-order valence-electron chi connectivity index (χ0n) is 19.8. The lowest BCUT2D eigenvalue weighted by molar-refractivity contribution is -0.123. The minimum absolute atomic E-state index is 0.0985. The van der Waals surface area contributed by atoms with Gasteiger partial charge in [-0.05, 0) is 76.1 Å². The van der Waals surface area contributed by atoms with Crippen LogP contribution in [0.4, 0.5) is 4.79 Å². The molecule has 0 spiro atoms. The number of fused-ring (bicyclic) bond motifs is 1. The number of Topliss-reactive ketones (excluding diaryl/α,β-unsaturated/α-hetero) is 1. The molecule has 1 aromatic heterocycles. The number of carbonyl (C=O) groups excluding carboxylic acids is 2. The van der Waals surface area contributed by atoms with Crippen LogP contribution in [0.3, 0.4) is 0 Å². The number of rotatable bonds is 6. The van der Waals surface area contributed by atoms with Gasteiger partial charge in [0.25, 0.3) is 0 Å². The van der Waals surface area contributed by atoms with Crippen LogP contribution in [0.5, 0.6) is 5.75 Å². The van der Waals surface area contributed by atoms with E-state index in [4.69, 9.17) is 14.5 Å². The summed E-state index contributed by atoms with van der Waals surface area (Å²) in [7, 11) is 1.67. The van der Waals surface area contributed by atoms with Gasteiger partial charge in [-0.1, -0.05) is 6.92 Å². The van der Waals surface area contributed by atoms with E-state index >= 15 is 0 Å². The van der Waals surface area contributed by atoms with Gasteiger partial charge in [0.05, 0.1) is 18.7 Å². The normalized spacial score (nSPS) is 21.1. The Labute approximate surface area is 190 Å². The molecule has 1 aliphatic carbocycles. The second-order valence-electron chi connectivity index (χ2n) is 10.1. The summed E-state index contributed by atoms with van der Waals surface area (Å²) in [5.74, 6) is 1.64. The van der Waals surface area contributed by atoms with Crippen molar-refractivity contribution in [3.63, 3.8) is 0 Å². The summed E-state index contributed by atoms with van der Waals surface area (Å²) in [5, 5.41) is 1.12. The van der Waals surface area contributed by atoms with Crippen molar-refractivity contribution in [2.45, 2.75) is 77.4 Å². The van der Waals surface area contributed by atoms with Crippen molar-refractivity contribution >= 4 is 22.8 Å². The smallest absolute Gasteiger partial charge is 0.410 e. The summed E-state index contributed by atoms with van der Waals surface area (Å²) in [5.41, 5.74) is 2.74. The number of benzene rings is 1. The number of aromatic nitrogens is 1. The highest BCUT2D eigenvalue weighted by atomic mass is 16.6. The van der Waals surface area contributed by atoms with Crippen molar-refractivity contribution in [2.75, 3.05) is 13.7 Å². The zero-order valence-corrected chi connectivity index (χ0v) is 19.8. The Balaban J connectivity index is 1.61. The van der Waals surface area contributed by atoms with Crippen LogP contribution in [0.15, 0.2) is 24.3 Å². The third-order valence-electron chi connectivity index (χ3n) is 6.36. The Hall–Kier alpha value is -2.63. The maximum atomic E-state index is 12.9. The highest BCUT2D eigenvalue weighted by molar-refractivity contribution is 5.88. The zero-order chi connectivity index (χ0) is 23.0. The molecule has 0 N–H and O–H groups in total. The molecule has 2 atom stereocenters. The highest BCUT2D eigenvalue weighted by Gasteiger charge is 2.40. The molecule has 172 valence electrons. The number of ether oxygens (including phenoxy) is 2. The molecule has 32 heavy (non-hydrogen) atoms. The molecule has 4 rings (SSSR count). The first-order valence-electron chi connectivity index (χ1n) is 11.7. The molecule has 0 bridgehead atoms. The topological polar surface area (TPSA) is 68.7 Å². The summed E-state index contributed by atoms with van der Waals surface area (Å²) >= 11 is 0. The summed E-state index contributed by atoms with van der Waals surface area (Å²) in [6.07, 6.45) is 3.87. The molecular weight excluding hydrogens is 404 g/mol. The van der Waals surface area contributed by atoms with E-state index in [2.05, 4.69) is 12.1 Å². The van der Waals surface area contributed by atoms with Crippen molar-refractivity contribution in [3.05, 3.63) is 35.5 Å². The van der Waals surface area contributed by atoms with Gasteiger partial charge in [-0.25, -0.2) is 4.79 Å². The third kappa shape index (κ3) is 4.89. The van der Waals surface area contributed by atoms with Gasteiger partial charge in [-0.2, -0.15) is 0 Å². The van der Waals surface area contributed by atoms with Gasteiger partial charge in [0.2, 0.25) is 0 Å². The van der Waals surface area contributed by atoms with Crippen molar-refractivity contribution < 1.29 is 19.1 Å². The molecule has 1 amide bonds. The second kappa shape index (κ2) is 8.72. The average Bonchev–Trinajstić information content (AvgIpc) is 3.51. The van der Waals surface area contributed by atoms with Crippen LogP contribution in [-0.2, 0) is 16.0 Å². The van der Waals surface area contributed by atoms with Crippen LogP contribution >= 0.6 is 0 Å². The monoisotopic (exact) mass is 438 g/mol. The van der Waals surface area contributed by atoms with Crippen LogP contribution in [0.1, 0.15) is 70.6 Å². The molecule has 1 saturated heterocycles. The fourth-order valence-electron chi connectivity index (χ4n) is 4.63. The van der Waals surface area contributed by atoms with Gasteiger partial charge in [-0.15, -0.1) is 0 Å². The molecule has 2 fully saturated rings. The van der Waals surface area contributed by atoms with Crippen LogP contribution in [-0.4, -0.2) is 47.1 Å². The number of hydrogen-bond acceptors (Lipinski definition) is 5. The SMILES string of the molecule is CCC(=O)[C@@H]1C[C@@H](Cc2cc(C3CC3)nc3cc(OC)ccc23)CN1C(=O)OC(C)(C)C. The molecule has 1 saturated carbocycles. The number of carbonyl (C=O) groups is 2. The van der Waals surface area contributed by atoms with Crippen LogP contribution in [0, 0.1) is 5.92 Å². The van der Waals surface area contributed by atoms with Crippen LogP contribution in [0.2, 0.25) is 0 Å². The van der Waals surface area contributed by atoms with E-state index in [-0.39, 0.29) is 11.7 Å². The molecule has 6 nitrogen and oxygen atoms in total. The first-order valence-corrected chi connectivity index (χ1v) is 11.7. The number of nitrogens with zero attached hydrogens (tertiary/aromatic N) is 2. The quantitative estimate of drug-likeness (QED) is 0.615. The van der Waals surface area contributed by atoms with Gasteiger partial charge in [0.15, 0.2) is 5.78 Å². The average molecular weight is 439 g/mol. The van der Waals surface area contributed by atoms with Gasteiger partial charge >= 0.3 is 6.09 Å². The summed E-state index contributed by atoms with van der Waals surface area (Å²) in [4.78, 5) is 32.1. The Morgan fingerprint density at radius 2 is 1.94 bits per heavy atom. The van der Waals surface area contributed by atoms with Crippen LogP contribution in [0.25, 0.3) is 10.9 Å². The van der Waals surface area contributed by atoms with E-state index in [0.29, 0.717) is 25.3 Å². The molecule has 2 aromatic rings. The Morgan fingerprint density at radius 3 is 2.56 bits per heavy atom. The number of hydrogen-bond donors (Lipinski definition) is 0. The predicted molar refractivity (Wildman–Crippen MR) is 124 cm³/mol. The Morgan fingerprint density at radius 1 is 1.19 bits per heavy atom. The maximum Gasteiger partial charge on any atom is 0.410 e. The number of amides is 1. The number of likely N-dealkylation sites (tertiary alicyclic amines) is 1. The molecule has 1 aromatic carbocycles. The second-order valence-corrected chi connectivity index (χ2v) is 10.1. The first kappa shape index (κ1) is 22.6. The Bertz CT molecular complexity index is 1020. The molecule has 0 radical (unpaired) electrons. The fourth-order valence-corrected chi connectivity index (χ4v) is 4.63. The number of pyridine rings is 1. The van der Waals surface area contributed by atoms with Gasteiger partial charge < -0.3 is 9.47 Å². The van der Waals surface area contributed by atoms with E-state index in [1.807, 2.05) is 39.8 Å². The van der Waals surface area contributed by atoms with E-state index in [1.165, 1.54) is 18.4 Å². The molecule has 2 aliphatic rings. The largest absolute Gasteiger partial charge is 0.497 e. The van der Waals surface area contributed by atoms with E-state index in [0.717, 1.165) is 28.8 Å². The third-order valence-corrected chi connectivity index (χ3v) is 6.36. The van der Waals surface area contributed by atoms with Gasteiger partial charge in [-0.3, -0.25) is 14.7 Å². The van der Waals surface area contributed by atoms with Crippen molar-refractivity contribution in [2.24, 2.45) is 5.92 Å². The molecule has 6 heteroatoms. The van der Waals surface area contributed by atoms with Crippen LogP contribution < -0.4 is 4.74 Å². The minimum Gasteiger partial charge on any atom is -0.497 e.